The molecule has 0 aromatic heterocycles. The summed E-state index contributed by atoms with van der Waals surface area (Å²) >= 11 is 0. The van der Waals surface area contributed by atoms with Gasteiger partial charge in [-0.15, -0.1) is 0 Å². The molecule has 0 bridgehead atoms. The van der Waals surface area contributed by atoms with Crippen LogP contribution in [0.4, 0.5) is 17.1 Å². The monoisotopic (exact) mass is 367 g/mol. The van der Waals surface area contributed by atoms with E-state index >= 15 is 0 Å². The number of amides is 3. The molecule has 27 heavy (non-hydrogen) atoms. The fourth-order valence-corrected chi connectivity index (χ4v) is 2.83. The molecular formula is C20H21N3O4. The third kappa shape index (κ3) is 4.63. The van der Waals surface area contributed by atoms with Gasteiger partial charge in [-0.25, -0.2) is 0 Å². The van der Waals surface area contributed by atoms with E-state index in [2.05, 4.69) is 10.6 Å². The SMILES string of the molecule is CC(=O)Nc1ccc(NC(=O)CCN2C(=O)COc3ccc(C)cc32)cc1. The first kappa shape index (κ1) is 18.4. The van der Waals surface area contributed by atoms with Crippen LogP contribution in [0.2, 0.25) is 0 Å². The fraction of sp³-hybridized carbons (Fsp3) is 0.250. The second-order valence-electron chi connectivity index (χ2n) is 6.36. The van der Waals surface area contributed by atoms with Crippen molar-refractivity contribution < 1.29 is 19.1 Å². The van der Waals surface area contributed by atoms with Crippen molar-refractivity contribution in [3.63, 3.8) is 0 Å². The molecule has 0 radical (unpaired) electrons. The number of nitrogens with zero attached hydrogens (tertiary/aromatic N) is 1. The largest absolute Gasteiger partial charge is 0.482 e. The van der Waals surface area contributed by atoms with Crippen LogP contribution < -0.4 is 20.3 Å². The summed E-state index contributed by atoms with van der Waals surface area (Å²) in [6, 6.07) is 12.5. The molecule has 1 heterocycles. The molecule has 0 saturated carbocycles. The lowest BCUT2D eigenvalue weighted by molar-refractivity contribution is -0.121. The van der Waals surface area contributed by atoms with Crippen LogP contribution in [0.15, 0.2) is 42.5 Å². The second kappa shape index (κ2) is 7.90. The minimum atomic E-state index is -0.198. The topological polar surface area (TPSA) is 87.7 Å². The zero-order chi connectivity index (χ0) is 19.4. The fourth-order valence-electron chi connectivity index (χ4n) is 2.83. The quantitative estimate of drug-likeness (QED) is 0.851. The van der Waals surface area contributed by atoms with Gasteiger partial charge in [-0.2, -0.15) is 0 Å². The number of carbonyl (C=O) groups is 3. The van der Waals surface area contributed by atoms with Gasteiger partial charge in [0.15, 0.2) is 6.61 Å². The predicted molar refractivity (Wildman–Crippen MR) is 103 cm³/mol. The van der Waals surface area contributed by atoms with Crippen LogP contribution in [-0.4, -0.2) is 30.9 Å². The van der Waals surface area contributed by atoms with Crippen molar-refractivity contribution in [2.75, 3.05) is 28.7 Å². The van der Waals surface area contributed by atoms with Gasteiger partial charge < -0.3 is 20.3 Å². The Morgan fingerprint density at radius 3 is 2.41 bits per heavy atom. The first-order chi connectivity index (χ1) is 12.9. The number of carbonyl (C=O) groups excluding carboxylic acids is 3. The van der Waals surface area contributed by atoms with Crippen LogP contribution in [0.5, 0.6) is 5.75 Å². The highest BCUT2D eigenvalue weighted by molar-refractivity contribution is 5.99. The van der Waals surface area contributed by atoms with Crippen molar-refractivity contribution in [3.05, 3.63) is 48.0 Å². The molecule has 3 amide bonds. The Morgan fingerprint density at radius 1 is 1.07 bits per heavy atom. The second-order valence-corrected chi connectivity index (χ2v) is 6.36. The maximum Gasteiger partial charge on any atom is 0.265 e. The molecule has 2 N–H and O–H groups in total. The Morgan fingerprint density at radius 2 is 1.74 bits per heavy atom. The molecule has 2 aromatic rings. The van der Waals surface area contributed by atoms with E-state index in [9.17, 15) is 14.4 Å². The van der Waals surface area contributed by atoms with E-state index in [0.717, 1.165) is 5.56 Å². The average Bonchev–Trinajstić information content (AvgIpc) is 2.62. The standard InChI is InChI=1S/C20H21N3O4/c1-13-3-8-18-17(11-13)23(20(26)12-27-18)10-9-19(25)22-16-6-4-15(5-7-16)21-14(2)24/h3-8,11H,9-10,12H2,1-2H3,(H,21,24)(H,22,25). The lowest BCUT2D eigenvalue weighted by Gasteiger charge is -2.29. The zero-order valence-electron chi connectivity index (χ0n) is 15.2. The average molecular weight is 367 g/mol. The number of rotatable bonds is 5. The smallest absolute Gasteiger partial charge is 0.265 e. The van der Waals surface area contributed by atoms with Gasteiger partial charge in [-0.1, -0.05) is 6.07 Å². The van der Waals surface area contributed by atoms with Crippen LogP contribution >= 0.6 is 0 Å². The Hall–Kier alpha value is -3.35. The summed E-state index contributed by atoms with van der Waals surface area (Å²) in [6.07, 6.45) is 0.159. The molecule has 0 spiro atoms. The molecule has 140 valence electrons. The van der Waals surface area contributed by atoms with Crippen LogP contribution in [0, 0.1) is 6.92 Å². The number of ether oxygens (including phenoxy) is 1. The van der Waals surface area contributed by atoms with Gasteiger partial charge in [0.25, 0.3) is 5.91 Å². The lowest BCUT2D eigenvalue weighted by atomic mass is 10.1. The van der Waals surface area contributed by atoms with Crippen molar-refractivity contribution in [2.45, 2.75) is 20.3 Å². The summed E-state index contributed by atoms with van der Waals surface area (Å²) in [5.41, 5.74) is 2.99. The molecule has 7 heteroatoms. The molecule has 0 saturated heterocycles. The molecule has 0 aliphatic carbocycles. The maximum absolute atomic E-state index is 12.3. The van der Waals surface area contributed by atoms with Crippen LogP contribution in [0.1, 0.15) is 18.9 Å². The number of benzene rings is 2. The van der Waals surface area contributed by atoms with E-state index < -0.39 is 0 Å². The van der Waals surface area contributed by atoms with E-state index in [1.54, 1.807) is 29.2 Å². The van der Waals surface area contributed by atoms with Crippen molar-refractivity contribution in [2.24, 2.45) is 0 Å². The summed E-state index contributed by atoms with van der Waals surface area (Å²) in [5.74, 6) is 0.128. The number of hydrogen-bond donors (Lipinski definition) is 2. The van der Waals surface area contributed by atoms with Gasteiger partial charge in [0.1, 0.15) is 5.75 Å². The Kier molecular flexibility index (Phi) is 5.40. The van der Waals surface area contributed by atoms with Crippen LogP contribution in [-0.2, 0) is 14.4 Å². The normalized spacial score (nSPS) is 12.8. The number of hydrogen-bond acceptors (Lipinski definition) is 4. The summed E-state index contributed by atoms with van der Waals surface area (Å²) in [6.45, 7) is 3.62. The van der Waals surface area contributed by atoms with E-state index in [-0.39, 0.29) is 37.3 Å². The minimum Gasteiger partial charge on any atom is -0.482 e. The van der Waals surface area contributed by atoms with E-state index in [4.69, 9.17) is 4.74 Å². The van der Waals surface area contributed by atoms with Gasteiger partial charge in [0, 0.05) is 31.3 Å². The molecule has 1 aliphatic heterocycles. The molecular weight excluding hydrogens is 346 g/mol. The van der Waals surface area contributed by atoms with Crippen molar-refractivity contribution in [1.29, 1.82) is 0 Å². The highest BCUT2D eigenvalue weighted by Crippen LogP contribution is 2.32. The molecule has 1 aliphatic rings. The third-order valence-corrected chi connectivity index (χ3v) is 4.11. The number of nitrogens with one attached hydrogen (secondary N) is 2. The molecule has 3 rings (SSSR count). The highest BCUT2D eigenvalue weighted by Gasteiger charge is 2.25. The lowest BCUT2D eigenvalue weighted by Crippen LogP contribution is -2.40. The first-order valence-electron chi connectivity index (χ1n) is 8.64. The van der Waals surface area contributed by atoms with E-state index in [0.29, 0.717) is 22.8 Å². The summed E-state index contributed by atoms with van der Waals surface area (Å²) < 4.78 is 5.44. The van der Waals surface area contributed by atoms with E-state index in [1.165, 1.54) is 6.92 Å². The highest BCUT2D eigenvalue weighted by atomic mass is 16.5. The Bertz CT molecular complexity index is 877. The summed E-state index contributed by atoms with van der Waals surface area (Å²) in [5, 5.41) is 5.46. The molecule has 0 fully saturated rings. The Labute approximate surface area is 157 Å². The number of anilines is 3. The van der Waals surface area contributed by atoms with Gasteiger partial charge >= 0.3 is 0 Å². The predicted octanol–water partition coefficient (Wildman–Crippen LogP) is 2.71. The van der Waals surface area contributed by atoms with Gasteiger partial charge in [0.05, 0.1) is 5.69 Å². The molecule has 0 unspecified atom stereocenters. The first-order valence-corrected chi connectivity index (χ1v) is 8.64. The van der Waals surface area contributed by atoms with Crippen molar-refractivity contribution >= 4 is 34.8 Å². The van der Waals surface area contributed by atoms with Crippen LogP contribution in [0.3, 0.4) is 0 Å². The molecule has 2 aromatic carbocycles. The van der Waals surface area contributed by atoms with Gasteiger partial charge in [-0.05, 0) is 48.9 Å². The third-order valence-electron chi connectivity index (χ3n) is 4.11. The van der Waals surface area contributed by atoms with Gasteiger partial charge in [0.2, 0.25) is 11.8 Å². The molecule has 7 nitrogen and oxygen atoms in total. The van der Waals surface area contributed by atoms with Crippen molar-refractivity contribution in [1.82, 2.24) is 0 Å². The van der Waals surface area contributed by atoms with Crippen molar-refractivity contribution in [3.8, 4) is 5.75 Å². The Balaban J connectivity index is 1.60. The minimum absolute atomic E-state index is 0.0255. The summed E-state index contributed by atoms with van der Waals surface area (Å²) in [4.78, 5) is 37.1. The molecule has 0 atom stereocenters. The zero-order valence-corrected chi connectivity index (χ0v) is 15.2. The number of aryl methyl sites for hydroxylation is 1. The van der Waals surface area contributed by atoms with E-state index in [1.807, 2.05) is 25.1 Å². The summed E-state index contributed by atoms with van der Waals surface area (Å²) in [7, 11) is 0. The van der Waals surface area contributed by atoms with Gasteiger partial charge in [-0.3, -0.25) is 14.4 Å². The number of fused-ring (bicyclic) bond motifs is 1. The van der Waals surface area contributed by atoms with Crippen LogP contribution in [0.25, 0.3) is 0 Å². The maximum atomic E-state index is 12.3.